The van der Waals surface area contributed by atoms with Crippen LogP contribution in [-0.2, 0) is 9.59 Å². The summed E-state index contributed by atoms with van der Waals surface area (Å²) in [5.74, 6) is -2.69. The molecule has 1 aliphatic heterocycles. The number of aliphatic carboxylic acids is 1. The van der Waals surface area contributed by atoms with Crippen LogP contribution in [0.25, 0.3) is 0 Å². The minimum atomic E-state index is -1.01. The number of nitrogens with zero attached hydrogens (tertiary/aromatic N) is 2. The number of hydrogen-bond donors (Lipinski definition) is 1. The number of hydrogen-bond acceptors (Lipinski definition) is 3. The van der Waals surface area contributed by atoms with Gasteiger partial charge in [0, 0.05) is 13.0 Å². The van der Waals surface area contributed by atoms with Gasteiger partial charge < -0.3 is 10.0 Å². The number of aromatic nitrogens is 1. The predicted molar refractivity (Wildman–Crippen MR) is 60.0 cm³/mol. The molecule has 1 fully saturated rings. The van der Waals surface area contributed by atoms with Crippen molar-refractivity contribution in [3.05, 3.63) is 22.7 Å². The zero-order valence-corrected chi connectivity index (χ0v) is 10.1. The maximum absolute atomic E-state index is 12.8. The number of carbonyl (C=O) groups excluding carboxylic acids is 1. The van der Waals surface area contributed by atoms with Gasteiger partial charge in [-0.1, -0.05) is 0 Å². The Balaban J connectivity index is 2.29. The van der Waals surface area contributed by atoms with E-state index in [0.29, 0.717) is 5.69 Å². The summed E-state index contributed by atoms with van der Waals surface area (Å²) in [6, 6.07) is 2.52. The standard InChI is InChI=1S/C10H8BrFN2O3/c11-9-6(1-2-7(12)13-9)14-4-5(10(16)17)3-8(14)15/h1-2,5H,3-4H2,(H,16,17). The minimum absolute atomic E-state index is 0.0425. The fraction of sp³-hybridized carbons (Fsp3) is 0.300. The van der Waals surface area contributed by atoms with Crippen molar-refractivity contribution >= 4 is 33.5 Å². The normalized spacial score (nSPS) is 19.8. The Hall–Kier alpha value is -1.50. The number of pyridine rings is 1. The molecule has 2 heterocycles. The first-order valence-corrected chi connectivity index (χ1v) is 5.63. The number of carboxylic acid groups (broad SMARTS) is 1. The van der Waals surface area contributed by atoms with E-state index in [0.717, 1.165) is 6.07 Å². The van der Waals surface area contributed by atoms with Crippen LogP contribution in [0.2, 0.25) is 0 Å². The number of carboxylic acids is 1. The third-order valence-electron chi connectivity index (χ3n) is 2.56. The van der Waals surface area contributed by atoms with Crippen molar-refractivity contribution in [1.82, 2.24) is 4.98 Å². The van der Waals surface area contributed by atoms with Crippen LogP contribution in [0.5, 0.6) is 0 Å². The zero-order valence-electron chi connectivity index (χ0n) is 8.56. The number of amides is 1. The Kier molecular flexibility index (Phi) is 3.10. The molecule has 5 nitrogen and oxygen atoms in total. The number of carbonyl (C=O) groups is 2. The van der Waals surface area contributed by atoms with Gasteiger partial charge in [0.1, 0.15) is 4.60 Å². The summed E-state index contributed by atoms with van der Waals surface area (Å²) < 4.78 is 13.0. The lowest BCUT2D eigenvalue weighted by Crippen LogP contribution is -2.26. The van der Waals surface area contributed by atoms with E-state index in [9.17, 15) is 14.0 Å². The second kappa shape index (κ2) is 4.40. The summed E-state index contributed by atoms with van der Waals surface area (Å²) in [4.78, 5) is 27.3. The number of anilines is 1. The molecule has 1 aliphatic rings. The molecule has 7 heteroatoms. The van der Waals surface area contributed by atoms with Gasteiger partial charge >= 0.3 is 5.97 Å². The van der Waals surface area contributed by atoms with Gasteiger partial charge in [-0.25, -0.2) is 4.98 Å². The molecule has 0 saturated carbocycles. The molecule has 1 saturated heterocycles. The molecular formula is C10H8BrFN2O3. The van der Waals surface area contributed by atoms with Gasteiger partial charge in [-0.05, 0) is 28.1 Å². The quantitative estimate of drug-likeness (QED) is 0.839. The lowest BCUT2D eigenvalue weighted by molar-refractivity contribution is -0.141. The topological polar surface area (TPSA) is 70.5 Å². The summed E-state index contributed by atoms with van der Waals surface area (Å²) >= 11 is 3.05. The molecule has 0 bridgehead atoms. The second-order valence-electron chi connectivity index (χ2n) is 3.69. The van der Waals surface area contributed by atoms with Crippen LogP contribution >= 0.6 is 15.9 Å². The first-order chi connectivity index (χ1) is 7.99. The van der Waals surface area contributed by atoms with Crippen LogP contribution in [0.3, 0.4) is 0 Å². The van der Waals surface area contributed by atoms with Crippen LogP contribution in [0.15, 0.2) is 16.7 Å². The monoisotopic (exact) mass is 302 g/mol. The molecule has 0 aromatic carbocycles. The third-order valence-corrected chi connectivity index (χ3v) is 3.14. The van der Waals surface area contributed by atoms with E-state index >= 15 is 0 Å². The molecule has 0 aliphatic carbocycles. The lowest BCUT2D eigenvalue weighted by Gasteiger charge is -2.16. The van der Waals surface area contributed by atoms with Crippen LogP contribution in [0, 0.1) is 11.9 Å². The van der Waals surface area contributed by atoms with Crippen molar-refractivity contribution in [3.8, 4) is 0 Å². The molecule has 1 amide bonds. The zero-order chi connectivity index (χ0) is 12.6. The van der Waals surface area contributed by atoms with Crippen molar-refractivity contribution in [3.63, 3.8) is 0 Å². The van der Waals surface area contributed by atoms with Gasteiger partial charge in [0.05, 0.1) is 11.6 Å². The first-order valence-electron chi connectivity index (χ1n) is 4.84. The van der Waals surface area contributed by atoms with E-state index < -0.39 is 17.8 Å². The Morgan fingerprint density at radius 1 is 1.59 bits per heavy atom. The average Bonchev–Trinajstić information content (AvgIpc) is 2.61. The SMILES string of the molecule is O=C(O)C1CC(=O)N(c2ccc(F)nc2Br)C1. The van der Waals surface area contributed by atoms with Crippen molar-refractivity contribution in [1.29, 1.82) is 0 Å². The fourth-order valence-corrected chi connectivity index (χ4v) is 2.23. The highest BCUT2D eigenvalue weighted by Gasteiger charge is 2.36. The summed E-state index contributed by atoms with van der Waals surface area (Å²) in [6.45, 7) is 0.0834. The molecule has 1 aromatic heterocycles. The average molecular weight is 303 g/mol. The van der Waals surface area contributed by atoms with E-state index in [1.165, 1.54) is 11.0 Å². The molecule has 1 N–H and O–H groups in total. The lowest BCUT2D eigenvalue weighted by atomic mass is 10.1. The molecule has 1 aromatic rings. The van der Waals surface area contributed by atoms with E-state index in [4.69, 9.17) is 5.11 Å². The Labute approximate surface area is 104 Å². The van der Waals surface area contributed by atoms with Gasteiger partial charge in [-0.3, -0.25) is 9.59 Å². The van der Waals surface area contributed by atoms with Crippen LogP contribution in [-0.4, -0.2) is 28.5 Å². The first kappa shape index (κ1) is 12.0. The smallest absolute Gasteiger partial charge is 0.308 e. The van der Waals surface area contributed by atoms with Gasteiger partial charge in [0.15, 0.2) is 0 Å². The molecular weight excluding hydrogens is 295 g/mol. The number of halogens is 2. The van der Waals surface area contributed by atoms with Crippen molar-refractivity contribution in [2.75, 3.05) is 11.4 Å². The van der Waals surface area contributed by atoms with Crippen LogP contribution < -0.4 is 4.90 Å². The van der Waals surface area contributed by atoms with Gasteiger partial charge in [-0.15, -0.1) is 0 Å². The fourth-order valence-electron chi connectivity index (χ4n) is 1.71. The van der Waals surface area contributed by atoms with Crippen LogP contribution in [0.4, 0.5) is 10.1 Å². The highest BCUT2D eigenvalue weighted by atomic mass is 79.9. The van der Waals surface area contributed by atoms with Crippen molar-refractivity contribution in [2.24, 2.45) is 5.92 Å². The van der Waals surface area contributed by atoms with Gasteiger partial charge in [-0.2, -0.15) is 4.39 Å². The van der Waals surface area contributed by atoms with Crippen molar-refractivity contribution < 1.29 is 19.1 Å². The maximum atomic E-state index is 12.8. The Morgan fingerprint density at radius 2 is 2.29 bits per heavy atom. The van der Waals surface area contributed by atoms with Gasteiger partial charge in [0.2, 0.25) is 11.9 Å². The van der Waals surface area contributed by atoms with Gasteiger partial charge in [0.25, 0.3) is 0 Å². The summed E-state index contributed by atoms with van der Waals surface area (Å²) in [7, 11) is 0. The number of rotatable bonds is 2. The van der Waals surface area contributed by atoms with Crippen molar-refractivity contribution in [2.45, 2.75) is 6.42 Å². The summed E-state index contributed by atoms with van der Waals surface area (Å²) in [6.07, 6.45) is -0.0425. The Morgan fingerprint density at radius 3 is 2.82 bits per heavy atom. The van der Waals surface area contributed by atoms with E-state index in [-0.39, 0.29) is 23.5 Å². The summed E-state index contributed by atoms with van der Waals surface area (Å²) in [5, 5.41) is 8.84. The Bertz CT molecular complexity index is 494. The molecule has 2 rings (SSSR count). The highest BCUT2D eigenvalue weighted by molar-refractivity contribution is 9.10. The highest BCUT2D eigenvalue weighted by Crippen LogP contribution is 2.30. The maximum Gasteiger partial charge on any atom is 0.308 e. The molecule has 90 valence electrons. The van der Waals surface area contributed by atoms with E-state index in [2.05, 4.69) is 20.9 Å². The molecule has 0 radical (unpaired) electrons. The molecule has 1 atom stereocenters. The second-order valence-corrected chi connectivity index (χ2v) is 4.44. The molecule has 17 heavy (non-hydrogen) atoms. The minimum Gasteiger partial charge on any atom is -0.481 e. The predicted octanol–water partition coefficient (Wildman–Crippen LogP) is 1.42. The van der Waals surface area contributed by atoms with E-state index in [1.807, 2.05) is 0 Å². The van der Waals surface area contributed by atoms with Crippen LogP contribution in [0.1, 0.15) is 6.42 Å². The third kappa shape index (κ3) is 2.28. The molecule has 0 spiro atoms. The largest absolute Gasteiger partial charge is 0.481 e. The summed E-state index contributed by atoms with van der Waals surface area (Å²) in [5.41, 5.74) is 0.389. The molecule has 1 unspecified atom stereocenters. The van der Waals surface area contributed by atoms with E-state index in [1.54, 1.807) is 0 Å².